The molecule has 0 aliphatic carbocycles. The highest BCUT2D eigenvalue weighted by Gasteiger charge is 2.32. The molecule has 2 aromatic rings. The Kier molecular flexibility index (Phi) is 4.81. The van der Waals surface area contributed by atoms with Gasteiger partial charge in [0.25, 0.3) is 0 Å². The average Bonchev–Trinajstić information content (AvgIpc) is 2.83. The van der Waals surface area contributed by atoms with Crippen LogP contribution in [-0.2, 0) is 11.8 Å². The molecule has 1 atom stereocenters. The third-order valence-corrected chi connectivity index (χ3v) is 4.92. The number of hydrogen-bond donors (Lipinski definition) is 1. The summed E-state index contributed by atoms with van der Waals surface area (Å²) in [5, 5.41) is 7.56. The van der Waals surface area contributed by atoms with Crippen molar-refractivity contribution in [3.63, 3.8) is 0 Å². The van der Waals surface area contributed by atoms with Crippen molar-refractivity contribution in [1.82, 2.24) is 14.7 Å². The highest BCUT2D eigenvalue weighted by atomic mass is 16.5. The number of amides is 2. The van der Waals surface area contributed by atoms with Gasteiger partial charge in [0.15, 0.2) is 0 Å². The van der Waals surface area contributed by atoms with Crippen LogP contribution in [0.2, 0.25) is 0 Å². The summed E-state index contributed by atoms with van der Waals surface area (Å²) < 4.78 is 7.53. The summed E-state index contributed by atoms with van der Waals surface area (Å²) in [6, 6.07) is 5.86. The Hall–Kier alpha value is -2.34. The molecule has 3 rings (SSSR count). The Morgan fingerprint density at radius 3 is 2.72 bits per heavy atom. The Bertz CT molecular complexity index is 797. The van der Waals surface area contributed by atoms with Gasteiger partial charge < -0.3 is 15.0 Å². The second-order valence-corrected chi connectivity index (χ2v) is 6.74. The number of urea groups is 1. The molecule has 1 aliphatic rings. The van der Waals surface area contributed by atoms with Crippen LogP contribution in [0.15, 0.2) is 18.2 Å². The van der Waals surface area contributed by atoms with Crippen LogP contribution in [0, 0.1) is 27.7 Å². The number of nitrogens with zero attached hydrogens (tertiary/aromatic N) is 3. The van der Waals surface area contributed by atoms with Crippen molar-refractivity contribution in [2.75, 3.05) is 25.1 Å². The zero-order valence-electron chi connectivity index (χ0n) is 15.6. The normalized spacial score (nSPS) is 17.6. The molecule has 0 saturated carbocycles. The van der Waals surface area contributed by atoms with Crippen molar-refractivity contribution < 1.29 is 9.53 Å². The highest BCUT2D eigenvalue weighted by molar-refractivity contribution is 5.90. The number of nitrogens with one attached hydrogen (secondary N) is 1. The molecular weight excluding hydrogens is 316 g/mol. The Morgan fingerprint density at radius 2 is 2.04 bits per heavy atom. The van der Waals surface area contributed by atoms with E-state index in [1.807, 2.05) is 62.5 Å². The molecule has 0 bridgehead atoms. The highest BCUT2D eigenvalue weighted by Crippen LogP contribution is 2.30. The fraction of sp³-hybridized carbons (Fsp3) is 0.474. The quantitative estimate of drug-likeness (QED) is 0.911. The number of aromatic nitrogens is 2. The molecule has 1 fully saturated rings. The van der Waals surface area contributed by atoms with Crippen LogP contribution >= 0.6 is 0 Å². The summed E-state index contributed by atoms with van der Waals surface area (Å²) in [7, 11) is 1.93. The van der Waals surface area contributed by atoms with E-state index in [0.717, 1.165) is 33.8 Å². The molecule has 25 heavy (non-hydrogen) atoms. The number of benzene rings is 1. The van der Waals surface area contributed by atoms with Crippen molar-refractivity contribution in [3.8, 4) is 0 Å². The fourth-order valence-electron chi connectivity index (χ4n) is 3.42. The maximum absolute atomic E-state index is 13.0. The third kappa shape index (κ3) is 3.39. The number of hydrogen-bond acceptors (Lipinski definition) is 3. The van der Waals surface area contributed by atoms with E-state index in [9.17, 15) is 4.79 Å². The molecule has 2 heterocycles. The average molecular weight is 342 g/mol. The van der Waals surface area contributed by atoms with Gasteiger partial charge in [0, 0.05) is 30.5 Å². The first kappa shape index (κ1) is 17.5. The molecule has 1 N–H and O–H groups in total. The summed E-state index contributed by atoms with van der Waals surface area (Å²) in [5.74, 6) is 0. The molecule has 1 aromatic heterocycles. The summed E-state index contributed by atoms with van der Waals surface area (Å²) in [6.07, 6.45) is 0. The molecule has 1 aromatic carbocycles. The summed E-state index contributed by atoms with van der Waals surface area (Å²) in [5.41, 5.74) is 6.13. The van der Waals surface area contributed by atoms with Crippen molar-refractivity contribution in [3.05, 3.63) is 46.3 Å². The summed E-state index contributed by atoms with van der Waals surface area (Å²) in [4.78, 5) is 14.8. The number of carbonyl (C=O) groups excluding carboxylic acids is 1. The Morgan fingerprint density at radius 1 is 1.28 bits per heavy atom. The zero-order chi connectivity index (χ0) is 18.1. The van der Waals surface area contributed by atoms with Gasteiger partial charge in [-0.1, -0.05) is 12.1 Å². The standard InChI is InChI=1S/C19H26N4O2/c1-12-6-7-13(2)16(10-12)20-19(24)23-8-9-25-11-17(23)18-14(3)21-22(5)15(18)4/h6-7,10,17H,8-9,11H2,1-5H3,(H,20,24). The monoisotopic (exact) mass is 342 g/mol. The van der Waals surface area contributed by atoms with Crippen LogP contribution in [0.25, 0.3) is 0 Å². The van der Waals surface area contributed by atoms with Gasteiger partial charge in [0.2, 0.25) is 0 Å². The number of morpholine rings is 1. The Labute approximate surface area is 148 Å². The minimum atomic E-state index is -0.118. The molecule has 134 valence electrons. The lowest BCUT2D eigenvalue weighted by atomic mass is 10.0. The second-order valence-electron chi connectivity index (χ2n) is 6.74. The molecule has 6 heteroatoms. The van der Waals surface area contributed by atoms with Gasteiger partial charge in [0.05, 0.1) is 24.9 Å². The molecule has 1 unspecified atom stereocenters. The minimum absolute atomic E-state index is 0.0929. The minimum Gasteiger partial charge on any atom is -0.377 e. The summed E-state index contributed by atoms with van der Waals surface area (Å²) >= 11 is 0. The van der Waals surface area contributed by atoms with Crippen molar-refractivity contribution >= 4 is 11.7 Å². The van der Waals surface area contributed by atoms with E-state index in [4.69, 9.17) is 4.74 Å². The van der Waals surface area contributed by atoms with Crippen LogP contribution in [0.1, 0.15) is 34.1 Å². The third-order valence-electron chi connectivity index (χ3n) is 4.92. The van der Waals surface area contributed by atoms with Crippen LogP contribution in [0.4, 0.5) is 10.5 Å². The van der Waals surface area contributed by atoms with Crippen molar-refractivity contribution in [2.45, 2.75) is 33.7 Å². The van der Waals surface area contributed by atoms with Gasteiger partial charge in [-0.2, -0.15) is 5.10 Å². The molecule has 1 aliphatic heterocycles. The van der Waals surface area contributed by atoms with Gasteiger partial charge >= 0.3 is 6.03 Å². The smallest absolute Gasteiger partial charge is 0.322 e. The molecule has 2 amide bonds. The van der Waals surface area contributed by atoms with Gasteiger partial charge in [-0.3, -0.25) is 4.68 Å². The molecule has 0 radical (unpaired) electrons. The van der Waals surface area contributed by atoms with E-state index in [1.165, 1.54) is 0 Å². The maximum atomic E-state index is 13.0. The first-order valence-corrected chi connectivity index (χ1v) is 8.61. The van der Waals surface area contributed by atoms with Crippen LogP contribution in [-0.4, -0.2) is 40.5 Å². The van der Waals surface area contributed by atoms with Crippen LogP contribution in [0.3, 0.4) is 0 Å². The zero-order valence-corrected chi connectivity index (χ0v) is 15.6. The number of anilines is 1. The van der Waals surface area contributed by atoms with Crippen LogP contribution < -0.4 is 5.32 Å². The van der Waals surface area contributed by atoms with E-state index in [0.29, 0.717) is 19.8 Å². The Balaban J connectivity index is 1.88. The number of carbonyl (C=O) groups is 1. The van der Waals surface area contributed by atoms with Crippen molar-refractivity contribution in [1.29, 1.82) is 0 Å². The van der Waals surface area contributed by atoms with E-state index in [2.05, 4.69) is 10.4 Å². The lowest BCUT2D eigenvalue weighted by Crippen LogP contribution is -2.45. The van der Waals surface area contributed by atoms with Gasteiger partial charge in [-0.25, -0.2) is 4.79 Å². The van der Waals surface area contributed by atoms with E-state index in [1.54, 1.807) is 0 Å². The molecule has 0 spiro atoms. The number of aryl methyl sites for hydroxylation is 4. The van der Waals surface area contributed by atoms with Crippen molar-refractivity contribution in [2.24, 2.45) is 7.05 Å². The molecule has 1 saturated heterocycles. The largest absolute Gasteiger partial charge is 0.377 e. The summed E-state index contributed by atoms with van der Waals surface area (Å²) in [6.45, 7) is 9.65. The topological polar surface area (TPSA) is 59.4 Å². The van der Waals surface area contributed by atoms with E-state index >= 15 is 0 Å². The first-order chi connectivity index (χ1) is 11.9. The predicted octanol–water partition coefficient (Wildman–Crippen LogP) is 3.26. The number of ether oxygens (including phenoxy) is 1. The molecule has 6 nitrogen and oxygen atoms in total. The van der Waals surface area contributed by atoms with Gasteiger partial charge in [-0.15, -0.1) is 0 Å². The lowest BCUT2D eigenvalue weighted by Gasteiger charge is -2.36. The SMILES string of the molecule is Cc1ccc(C)c(NC(=O)N2CCOCC2c2c(C)nn(C)c2C)c1. The first-order valence-electron chi connectivity index (χ1n) is 8.61. The van der Waals surface area contributed by atoms with Crippen LogP contribution in [0.5, 0.6) is 0 Å². The van der Waals surface area contributed by atoms with E-state index in [-0.39, 0.29) is 12.1 Å². The lowest BCUT2D eigenvalue weighted by molar-refractivity contribution is 0.0143. The number of rotatable bonds is 2. The molecular formula is C19H26N4O2. The predicted molar refractivity (Wildman–Crippen MR) is 97.9 cm³/mol. The second kappa shape index (κ2) is 6.88. The maximum Gasteiger partial charge on any atom is 0.322 e. The van der Waals surface area contributed by atoms with Gasteiger partial charge in [0.1, 0.15) is 0 Å². The van der Waals surface area contributed by atoms with Gasteiger partial charge in [-0.05, 0) is 44.9 Å². The fourth-order valence-corrected chi connectivity index (χ4v) is 3.42. The van der Waals surface area contributed by atoms with E-state index < -0.39 is 0 Å².